The number of aromatic nitrogens is 1. The van der Waals surface area contributed by atoms with Gasteiger partial charge >= 0.3 is 4.87 Å². The molecule has 1 aromatic heterocycles. The Hall–Kier alpha value is -2.49. The number of carbonyl (C=O) groups is 1. The fourth-order valence-corrected chi connectivity index (χ4v) is 6.17. The molecule has 7 nitrogen and oxygen atoms in total. The predicted molar refractivity (Wildman–Crippen MR) is 117 cm³/mol. The minimum Gasteiger partial charge on any atom is -0.336 e. The van der Waals surface area contributed by atoms with Crippen LogP contribution in [0.1, 0.15) is 23.7 Å². The van der Waals surface area contributed by atoms with Crippen LogP contribution in [0.5, 0.6) is 0 Å². The number of benzene rings is 2. The van der Waals surface area contributed by atoms with Crippen LogP contribution in [0, 0.1) is 0 Å². The number of hydrogen-bond donors (Lipinski definition) is 0. The van der Waals surface area contributed by atoms with Gasteiger partial charge in [-0.25, -0.2) is 8.42 Å². The van der Waals surface area contributed by atoms with Gasteiger partial charge in [-0.1, -0.05) is 36.5 Å². The van der Waals surface area contributed by atoms with Gasteiger partial charge in [-0.15, -0.1) is 0 Å². The van der Waals surface area contributed by atoms with Crippen LogP contribution < -0.4 is 4.87 Å². The van der Waals surface area contributed by atoms with E-state index >= 15 is 0 Å². The monoisotopic (exact) mass is 445 g/mol. The van der Waals surface area contributed by atoms with E-state index in [2.05, 4.69) is 0 Å². The molecule has 3 aromatic rings. The van der Waals surface area contributed by atoms with Crippen LogP contribution in [0.15, 0.2) is 58.2 Å². The lowest BCUT2D eigenvalue weighted by Gasteiger charge is -2.34. The highest BCUT2D eigenvalue weighted by atomic mass is 32.2. The number of carbonyl (C=O) groups excluding carboxylic acids is 1. The van der Waals surface area contributed by atoms with Crippen molar-refractivity contribution < 1.29 is 13.2 Å². The number of fused-ring (bicyclic) bond motifs is 1. The Morgan fingerprint density at radius 2 is 1.73 bits per heavy atom. The summed E-state index contributed by atoms with van der Waals surface area (Å²) < 4.78 is 30.0. The molecule has 0 atom stereocenters. The zero-order valence-electron chi connectivity index (χ0n) is 16.7. The van der Waals surface area contributed by atoms with E-state index in [0.29, 0.717) is 29.9 Å². The highest BCUT2D eigenvalue weighted by Gasteiger charge is 2.30. The average molecular weight is 446 g/mol. The van der Waals surface area contributed by atoms with E-state index in [9.17, 15) is 18.0 Å². The summed E-state index contributed by atoms with van der Waals surface area (Å²) in [7, 11) is -3.69. The van der Waals surface area contributed by atoms with Gasteiger partial charge in [0.05, 0.1) is 15.1 Å². The topological polar surface area (TPSA) is 79.7 Å². The molecule has 1 fully saturated rings. The van der Waals surface area contributed by atoms with Crippen molar-refractivity contribution in [1.82, 2.24) is 13.8 Å². The summed E-state index contributed by atoms with van der Waals surface area (Å²) in [4.78, 5) is 26.6. The SMILES string of the molecule is CCCn1c(=O)sc2cc(S(=O)(=O)N3CCN(C(=O)c4ccccc4)CC3)ccc21. The summed E-state index contributed by atoms with van der Waals surface area (Å²) >= 11 is 1.07. The summed E-state index contributed by atoms with van der Waals surface area (Å²) in [5, 5.41) is 0. The number of rotatable bonds is 5. The number of nitrogens with zero attached hydrogens (tertiary/aromatic N) is 3. The van der Waals surface area contributed by atoms with E-state index in [4.69, 9.17) is 0 Å². The molecule has 1 aliphatic rings. The van der Waals surface area contributed by atoms with Gasteiger partial charge in [-0.3, -0.25) is 14.2 Å². The highest BCUT2D eigenvalue weighted by Crippen LogP contribution is 2.25. The van der Waals surface area contributed by atoms with Crippen LogP contribution in [0.3, 0.4) is 0 Å². The maximum atomic E-state index is 13.1. The number of amides is 1. The van der Waals surface area contributed by atoms with E-state index in [1.807, 2.05) is 25.1 Å². The Bertz CT molecular complexity index is 1220. The molecule has 2 heterocycles. The fraction of sp³-hybridized carbons (Fsp3) is 0.333. The molecule has 1 aliphatic heterocycles. The molecule has 4 rings (SSSR count). The standard InChI is InChI=1S/C21H23N3O4S2/c1-2-10-24-18-9-8-17(15-19(18)29-21(24)26)30(27,28)23-13-11-22(12-14-23)20(25)16-6-4-3-5-7-16/h3-9,15H,2,10-14H2,1H3. The van der Waals surface area contributed by atoms with Gasteiger partial charge in [0, 0.05) is 38.3 Å². The molecular weight excluding hydrogens is 422 g/mol. The molecule has 2 aromatic carbocycles. The number of hydrogen-bond acceptors (Lipinski definition) is 5. The summed E-state index contributed by atoms with van der Waals surface area (Å²) in [6.45, 7) is 3.78. The second-order valence-corrected chi connectivity index (χ2v) is 10.1. The zero-order valence-corrected chi connectivity index (χ0v) is 18.3. The van der Waals surface area contributed by atoms with Crippen LogP contribution >= 0.6 is 11.3 Å². The van der Waals surface area contributed by atoms with Crippen molar-refractivity contribution in [3.8, 4) is 0 Å². The minimum atomic E-state index is -3.69. The molecule has 0 radical (unpaired) electrons. The Kier molecular flexibility index (Phi) is 5.77. The van der Waals surface area contributed by atoms with Crippen LogP contribution in [0.2, 0.25) is 0 Å². The number of sulfonamides is 1. The fourth-order valence-electron chi connectivity index (χ4n) is 3.69. The van der Waals surface area contributed by atoms with Gasteiger partial charge in [-0.2, -0.15) is 4.31 Å². The van der Waals surface area contributed by atoms with Gasteiger partial charge in [0.15, 0.2) is 0 Å². The molecule has 0 N–H and O–H groups in total. The molecular formula is C21H23N3O4S2. The Balaban J connectivity index is 1.52. The van der Waals surface area contributed by atoms with Gasteiger partial charge in [0.1, 0.15) is 0 Å². The van der Waals surface area contributed by atoms with E-state index in [-0.39, 0.29) is 28.8 Å². The van der Waals surface area contributed by atoms with Gasteiger partial charge in [-0.05, 0) is 36.8 Å². The quantitative estimate of drug-likeness (QED) is 0.605. The smallest absolute Gasteiger partial charge is 0.308 e. The maximum Gasteiger partial charge on any atom is 0.308 e. The normalized spacial score (nSPS) is 15.6. The Morgan fingerprint density at radius 3 is 2.40 bits per heavy atom. The van der Waals surface area contributed by atoms with Gasteiger partial charge in [0.2, 0.25) is 10.0 Å². The molecule has 30 heavy (non-hydrogen) atoms. The van der Waals surface area contributed by atoms with E-state index < -0.39 is 10.0 Å². The average Bonchev–Trinajstić information content (AvgIpc) is 3.08. The van der Waals surface area contributed by atoms with Crippen molar-refractivity contribution in [2.24, 2.45) is 0 Å². The molecule has 0 unspecified atom stereocenters. The highest BCUT2D eigenvalue weighted by molar-refractivity contribution is 7.89. The number of thiazole rings is 1. The lowest BCUT2D eigenvalue weighted by Crippen LogP contribution is -2.50. The minimum absolute atomic E-state index is 0.0746. The van der Waals surface area contributed by atoms with Crippen molar-refractivity contribution in [1.29, 1.82) is 0 Å². The van der Waals surface area contributed by atoms with Crippen molar-refractivity contribution in [3.05, 3.63) is 63.8 Å². The van der Waals surface area contributed by atoms with E-state index in [0.717, 1.165) is 23.3 Å². The van der Waals surface area contributed by atoms with Crippen molar-refractivity contribution in [2.45, 2.75) is 24.8 Å². The van der Waals surface area contributed by atoms with Crippen molar-refractivity contribution in [2.75, 3.05) is 26.2 Å². The van der Waals surface area contributed by atoms with E-state index in [1.165, 1.54) is 4.31 Å². The molecule has 0 aliphatic carbocycles. The second kappa shape index (κ2) is 8.33. The third kappa shape index (κ3) is 3.80. The zero-order chi connectivity index (χ0) is 21.3. The van der Waals surface area contributed by atoms with Gasteiger partial charge in [0.25, 0.3) is 5.91 Å². The molecule has 0 bridgehead atoms. The molecule has 0 spiro atoms. The van der Waals surface area contributed by atoms with Crippen molar-refractivity contribution >= 4 is 37.5 Å². The lowest BCUT2D eigenvalue weighted by atomic mass is 10.2. The van der Waals surface area contributed by atoms with Crippen LogP contribution in [0.25, 0.3) is 10.2 Å². The third-order valence-corrected chi connectivity index (χ3v) is 8.11. The predicted octanol–water partition coefficient (Wildman–Crippen LogP) is 2.62. The van der Waals surface area contributed by atoms with Gasteiger partial charge < -0.3 is 4.90 Å². The summed E-state index contributed by atoms with van der Waals surface area (Å²) in [5.41, 5.74) is 1.37. The maximum absolute atomic E-state index is 13.1. The Morgan fingerprint density at radius 1 is 1.03 bits per heavy atom. The Labute approximate surface area is 179 Å². The van der Waals surface area contributed by atoms with Crippen LogP contribution in [-0.4, -0.2) is 54.3 Å². The third-order valence-electron chi connectivity index (χ3n) is 5.27. The number of piperazine rings is 1. The molecule has 1 amide bonds. The summed E-state index contributed by atoms with van der Waals surface area (Å²) in [6.07, 6.45) is 0.831. The molecule has 0 saturated carbocycles. The van der Waals surface area contributed by atoms with Crippen molar-refractivity contribution in [3.63, 3.8) is 0 Å². The van der Waals surface area contributed by atoms with E-state index in [1.54, 1.807) is 39.8 Å². The number of aryl methyl sites for hydroxylation is 1. The molecule has 9 heteroatoms. The largest absolute Gasteiger partial charge is 0.336 e. The van der Waals surface area contributed by atoms with Crippen LogP contribution in [0.4, 0.5) is 0 Å². The second-order valence-electron chi connectivity index (χ2n) is 7.21. The first-order valence-corrected chi connectivity index (χ1v) is 12.2. The first-order chi connectivity index (χ1) is 14.4. The molecule has 158 valence electrons. The molecule has 1 saturated heterocycles. The van der Waals surface area contributed by atoms with Crippen LogP contribution in [-0.2, 0) is 16.6 Å². The summed E-state index contributed by atoms with van der Waals surface area (Å²) in [6, 6.07) is 13.9. The summed E-state index contributed by atoms with van der Waals surface area (Å²) in [5.74, 6) is -0.0869. The first-order valence-electron chi connectivity index (χ1n) is 9.89. The lowest BCUT2D eigenvalue weighted by molar-refractivity contribution is 0.0698. The first kappa shape index (κ1) is 20.8.